The van der Waals surface area contributed by atoms with Gasteiger partial charge in [0, 0.05) is 5.69 Å². The van der Waals surface area contributed by atoms with E-state index in [2.05, 4.69) is 30.9 Å². The highest BCUT2D eigenvalue weighted by Crippen LogP contribution is 2.21. The van der Waals surface area contributed by atoms with Crippen LogP contribution in [-0.2, 0) is 0 Å². The summed E-state index contributed by atoms with van der Waals surface area (Å²) in [7, 11) is 0. The van der Waals surface area contributed by atoms with E-state index in [1.807, 2.05) is 36.4 Å². The van der Waals surface area contributed by atoms with Crippen LogP contribution in [0.1, 0.15) is 0 Å². The zero-order valence-corrected chi connectivity index (χ0v) is 10.4. The Labute approximate surface area is 106 Å². The molecule has 3 rings (SSSR count). The highest BCUT2D eigenvalue weighted by Gasteiger charge is 2.06. The number of aromatic amines is 1. The molecule has 1 aromatic carbocycles. The first-order chi connectivity index (χ1) is 8.22. The summed E-state index contributed by atoms with van der Waals surface area (Å²) in [6.07, 6.45) is 0. The molecule has 0 bridgehead atoms. The van der Waals surface area contributed by atoms with Crippen LogP contribution in [0.4, 0.5) is 5.69 Å². The van der Waals surface area contributed by atoms with E-state index in [4.69, 9.17) is 5.73 Å². The lowest BCUT2D eigenvalue weighted by atomic mass is 10.3. The third kappa shape index (κ3) is 1.89. The summed E-state index contributed by atoms with van der Waals surface area (Å²) in [5.41, 5.74) is 9.05. The quantitative estimate of drug-likeness (QED) is 0.534. The Balaban J connectivity index is 2.18. The average molecular weight is 289 g/mol. The van der Waals surface area contributed by atoms with E-state index in [-0.39, 0.29) is 0 Å². The van der Waals surface area contributed by atoms with E-state index in [1.165, 1.54) is 0 Å². The number of nitrogens with one attached hydrogen (secondary N) is 1. The monoisotopic (exact) mass is 288 g/mol. The van der Waals surface area contributed by atoms with E-state index in [0.29, 0.717) is 0 Å². The molecule has 0 aliphatic heterocycles. The number of nitrogen functional groups attached to an aromatic ring is 1. The molecule has 0 spiro atoms. The second kappa shape index (κ2) is 3.85. The molecule has 5 heteroatoms. The zero-order chi connectivity index (χ0) is 11.8. The second-order valence-corrected chi connectivity index (χ2v) is 4.52. The number of imidazole rings is 1. The van der Waals surface area contributed by atoms with Gasteiger partial charge in [-0.15, -0.1) is 0 Å². The van der Waals surface area contributed by atoms with Gasteiger partial charge < -0.3 is 10.7 Å². The highest BCUT2D eigenvalue weighted by atomic mass is 79.9. The fraction of sp³-hybridized carbons (Fsp3) is 0. The predicted molar refractivity (Wildman–Crippen MR) is 71.4 cm³/mol. The fourth-order valence-corrected chi connectivity index (χ4v) is 2.03. The van der Waals surface area contributed by atoms with E-state index < -0.39 is 0 Å². The molecule has 84 valence electrons. The number of pyridine rings is 1. The lowest BCUT2D eigenvalue weighted by Crippen LogP contribution is -1.85. The number of anilines is 1. The Morgan fingerprint density at radius 2 is 2.00 bits per heavy atom. The van der Waals surface area contributed by atoms with Crippen LogP contribution >= 0.6 is 15.9 Å². The number of benzene rings is 1. The van der Waals surface area contributed by atoms with Gasteiger partial charge in [-0.25, -0.2) is 9.97 Å². The zero-order valence-electron chi connectivity index (χ0n) is 8.81. The number of halogens is 1. The van der Waals surface area contributed by atoms with Gasteiger partial charge in [0.2, 0.25) is 0 Å². The van der Waals surface area contributed by atoms with E-state index >= 15 is 0 Å². The largest absolute Gasteiger partial charge is 0.399 e. The fourth-order valence-electron chi connectivity index (χ4n) is 1.69. The molecule has 0 unspecified atom stereocenters. The SMILES string of the molecule is Nc1ccc2nc(-c3cccc(Br)n3)[nH]c2c1. The maximum absolute atomic E-state index is 5.73. The average Bonchev–Trinajstić information content (AvgIpc) is 2.72. The van der Waals surface area contributed by atoms with Gasteiger partial charge >= 0.3 is 0 Å². The van der Waals surface area contributed by atoms with Gasteiger partial charge in [0.05, 0.1) is 11.0 Å². The molecule has 0 aliphatic rings. The van der Waals surface area contributed by atoms with Crippen molar-refractivity contribution >= 4 is 32.7 Å². The van der Waals surface area contributed by atoms with Gasteiger partial charge in [0.1, 0.15) is 10.3 Å². The number of nitrogens with two attached hydrogens (primary N) is 1. The number of nitrogens with zero attached hydrogens (tertiary/aromatic N) is 2. The minimum absolute atomic E-state index is 0.718. The summed E-state index contributed by atoms with van der Waals surface area (Å²) < 4.78 is 0.787. The predicted octanol–water partition coefficient (Wildman–Crippen LogP) is 2.97. The molecule has 0 saturated heterocycles. The minimum Gasteiger partial charge on any atom is -0.399 e. The maximum atomic E-state index is 5.73. The van der Waals surface area contributed by atoms with Crippen LogP contribution in [0.15, 0.2) is 41.0 Å². The van der Waals surface area contributed by atoms with Crippen LogP contribution in [0.25, 0.3) is 22.6 Å². The number of fused-ring (bicyclic) bond motifs is 1. The van der Waals surface area contributed by atoms with Crippen molar-refractivity contribution in [3.05, 3.63) is 41.0 Å². The molecule has 17 heavy (non-hydrogen) atoms. The molecule has 2 heterocycles. The van der Waals surface area contributed by atoms with Crippen LogP contribution in [0.3, 0.4) is 0 Å². The van der Waals surface area contributed by atoms with Gasteiger partial charge in [-0.3, -0.25) is 0 Å². The Hall–Kier alpha value is -1.88. The summed E-state index contributed by atoms with van der Waals surface area (Å²) >= 11 is 3.34. The maximum Gasteiger partial charge on any atom is 0.157 e. The number of hydrogen-bond acceptors (Lipinski definition) is 3. The van der Waals surface area contributed by atoms with Gasteiger partial charge in [0.15, 0.2) is 5.82 Å². The summed E-state index contributed by atoms with van der Waals surface area (Å²) in [5.74, 6) is 0.742. The van der Waals surface area contributed by atoms with Crippen molar-refractivity contribution < 1.29 is 0 Å². The van der Waals surface area contributed by atoms with E-state index in [1.54, 1.807) is 0 Å². The third-order valence-electron chi connectivity index (χ3n) is 2.46. The Morgan fingerprint density at radius 1 is 1.12 bits per heavy atom. The molecule has 2 aromatic heterocycles. The molecule has 0 radical (unpaired) electrons. The van der Waals surface area contributed by atoms with Crippen molar-refractivity contribution in [3.63, 3.8) is 0 Å². The van der Waals surface area contributed by atoms with Gasteiger partial charge in [0.25, 0.3) is 0 Å². The van der Waals surface area contributed by atoms with Crippen LogP contribution < -0.4 is 5.73 Å². The van der Waals surface area contributed by atoms with Crippen LogP contribution in [0.5, 0.6) is 0 Å². The summed E-state index contributed by atoms with van der Waals surface area (Å²) in [5, 5.41) is 0. The molecule has 0 saturated carbocycles. The van der Waals surface area contributed by atoms with Gasteiger partial charge in [-0.2, -0.15) is 0 Å². The second-order valence-electron chi connectivity index (χ2n) is 3.71. The van der Waals surface area contributed by atoms with E-state index in [9.17, 15) is 0 Å². The first kappa shape index (κ1) is 10.3. The first-order valence-corrected chi connectivity index (χ1v) is 5.90. The van der Waals surface area contributed by atoms with Crippen molar-refractivity contribution in [2.45, 2.75) is 0 Å². The normalized spacial score (nSPS) is 10.9. The van der Waals surface area contributed by atoms with Crippen LogP contribution in [0, 0.1) is 0 Å². The number of H-pyrrole nitrogens is 1. The summed E-state index contributed by atoms with van der Waals surface area (Å²) in [4.78, 5) is 12.0. The molecular weight excluding hydrogens is 280 g/mol. The number of aromatic nitrogens is 3. The van der Waals surface area contributed by atoms with Gasteiger partial charge in [-0.1, -0.05) is 6.07 Å². The summed E-state index contributed by atoms with van der Waals surface area (Å²) in [6, 6.07) is 11.3. The molecule has 0 fully saturated rings. The Bertz CT molecular complexity index is 690. The van der Waals surface area contributed by atoms with Crippen LogP contribution in [-0.4, -0.2) is 15.0 Å². The Kier molecular flexibility index (Phi) is 2.33. The van der Waals surface area contributed by atoms with Crippen molar-refractivity contribution in [2.75, 3.05) is 5.73 Å². The highest BCUT2D eigenvalue weighted by molar-refractivity contribution is 9.10. The molecule has 4 nitrogen and oxygen atoms in total. The van der Waals surface area contributed by atoms with Crippen molar-refractivity contribution in [1.82, 2.24) is 15.0 Å². The minimum atomic E-state index is 0.718. The van der Waals surface area contributed by atoms with Crippen molar-refractivity contribution in [3.8, 4) is 11.5 Å². The molecule has 0 aliphatic carbocycles. The molecule has 0 atom stereocenters. The summed E-state index contributed by atoms with van der Waals surface area (Å²) in [6.45, 7) is 0. The lowest BCUT2D eigenvalue weighted by molar-refractivity contribution is 1.21. The number of rotatable bonds is 1. The van der Waals surface area contributed by atoms with Crippen molar-refractivity contribution in [2.24, 2.45) is 0 Å². The molecule has 0 amide bonds. The van der Waals surface area contributed by atoms with E-state index in [0.717, 1.165) is 32.8 Å². The Morgan fingerprint density at radius 3 is 2.82 bits per heavy atom. The lowest BCUT2D eigenvalue weighted by Gasteiger charge is -1.95. The van der Waals surface area contributed by atoms with Gasteiger partial charge in [-0.05, 0) is 46.3 Å². The van der Waals surface area contributed by atoms with Crippen LogP contribution in [0.2, 0.25) is 0 Å². The molecule has 3 N–H and O–H groups in total. The first-order valence-electron chi connectivity index (χ1n) is 5.10. The van der Waals surface area contributed by atoms with Crippen molar-refractivity contribution in [1.29, 1.82) is 0 Å². The molecule has 3 aromatic rings. The number of hydrogen-bond donors (Lipinski definition) is 2. The topological polar surface area (TPSA) is 67.6 Å². The smallest absolute Gasteiger partial charge is 0.157 e. The molecular formula is C12H9BrN4. The standard InChI is InChI=1S/C12H9BrN4/c13-11-3-1-2-9(15-11)12-16-8-5-4-7(14)6-10(8)17-12/h1-6H,14H2,(H,16,17). The third-order valence-corrected chi connectivity index (χ3v) is 2.91.